The molecule has 0 aromatic heterocycles. The minimum Gasteiger partial charge on any atom is -0.317 e. The van der Waals surface area contributed by atoms with E-state index in [0.29, 0.717) is 0 Å². The van der Waals surface area contributed by atoms with Gasteiger partial charge in [-0.15, -0.1) is 0 Å². The van der Waals surface area contributed by atoms with E-state index in [9.17, 15) is 4.79 Å². The van der Waals surface area contributed by atoms with Crippen molar-refractivity contribution < 1.29 is 4.79 Å². The van der Waals surface area contributed by atoms with Crippen molar-refractivity contribution in [3.63, 3.8) is 0 Å². The van der Waals surface area contributed by atoms with Crippen molar-refractivity contribution in [1.82, 2.24) is 15.8 Å². The van der Waals surface area contributed by atoms with E-state index in [4.69, 9.17) is 0 Å². The Kier molecular flexibility index (Phi) is 4.54. The molecule has 1 fully saturated rings. The molecule has 0 aliphatic carbocycles. The molecule has 0 aromatic rings. The molecule has 0 spiro atoms. The summed E-state index contributed by atoms with van der Waals surface area (Å²) in [6, 6.07) is 0. The fourth-order valence-electron chi connectivity index (χ4n) is 2.30. The second kappa shape index (κ2) is 5.47. The average molecular weight is 213 g/mol. The van der Waals surface area contributed by atoms with Crippen molar-refractivity contribution in [1.29, 1.82) is 0 Å². The van der Waals surface area contributed by atoms with E-state index >= 15 is 0 Å². The predicted molar refractivity (Wildman–Crippen MR) is 61.3 cm³/mol. The average Bonchev–Trinajstić information content (AvgIpc) is 2.18. The Bertz CT molecular complexity index is 204. The summed E-state index contributed by atoms with van der Waals surface area (Å²) in [5.41, 5.74) is 2.77. The summed E-state index contributed by atoms with van der Waals surface area (Å²) in [6.07, 6.45) is 3.98. The molecule has 2 N–H and O–H groups in total. The molecular formula is C11H23N3O. The normalized spacial score (nSPS) is 20.3. The number of hydrazine groups is 1. The first-order valence-corrected chi connectivity index (χ1v) is 5.80. The Morgan fingerprint density at radius 2 is 2.00 bits per heavy atom. The summed E-state index contributed by atoms with van der Waals surface area (Å²) in [5.74, 6) is 0.191. The highest BCUT2D eigenvalue weighted by Gasteiger charge is 2.38. The van der Waals surface area contributed by atoms with Gasteiger partial charge >= 0.3 is 0 Å². The van der Waals surface area contributed by atoms with Crippen LogP contribution < -0.4 is 10.7 Å². The fraction of sp³-hybridized carbons (Fsp3) is 0.909. The van der Waals surface area contributed by atoms with Gasteiger partial charge in [0.25, 0.3) is 0 Å². The molecule has 15 heavy (non-hydrogen) atoms. The second-order valence-corrected chi connectivity index (χ2v) is 4.62. The van der Waals surface area contributed by atoms with Crippen molar-refractivity contribution in [3.05, 3.63) is 0 Å². The third kappa shape index (κ3) is 3.18. The Hall–Kier alpha value is -0.610. The summed E-state index contributed by atoms with van der Waals surface area (Å²) in [4.78, 5) is 12.1. The van der Waals surface area contributed by atoms with Gasteiger partial charge < -0.3 is 5.32 Å². The molecule has 1 heterocycles. The van der Waals surface area contributed by atoms with E-state index in [1.165, 1.54) is 0 Å². The van der Waals surface area contributed by atoms with Gasteiger partial charge in [-0.2, -0.15) is 0 Å². The molecule has 1 rings (SSSR count). The summed E-state index contributed by atoms with van der Waals surface area (Å²) >= 11 is 0. The first-order valence-electron chi connectivity index (χ1n) is 5.80. The van der Waals surface area contributed by atoms with E-state index in [2.05, 4.69) is 17.7 Å². The topological polar surface area (TPSA) is 44.4 Å². The van der Waals surface area contributed by atoms with Crippen molar-refractivity contribution in [2.75, 3.05) is 27.2 Å². The Balaban J connectivity index is 2.66. The molecule has 1 saturated heterocycles. The Morgan fingerprint density at radius 1 is 1.40 bits per heavy atom. The van der Waals surface area contributed by atoms with Crippen LogP contribution in [-0.4, -0.2) is 38.1 Å². The molecular weight excluding hydrogens is 190 g/mol. The molecule has 1 amide bonds. The second-order valence-electron chi connectivity index (χ2n) is 4.62. The fourth-order valence-corrected chi connectivity index (χ4v) is 2.30. The van der Waals surface area contributed by atoms with E-state index in [1.807, 2.05) is 14.1 Å². The lowest BCUT2D eigenvalue weighted by Gasteiger charge is -2.36. The number of piperidine rings is 1. The first kappa shape index (κ1) is 12.5. The van der Waals surface area contributed by atoms with Gasteiger partial charge in [-0.05, 0) is 32.4 Å². The largest absolute Gasteiger partial charge is 0.317 e. The standard InChI is InChI=1S/C11H23N3O/c1-4-5-11(6-8-12-9-7-11)10(15)13-14(2)3/h12H,4-9H2,1-3H3,(H,13,15). The zero-order chi connectivity index (χ0) is 11.3. The van der Waals surface area contributed by atoms with E-state index in [0.717, 1.165) is 38.8 Å². The molecule has 0 unspecified atom stereocenters. The number of amides is 1. The molecule has 0 bridgehead atoms. The molecule has 4 heteroatoms. The van der Waals surface area contributed by atoms with E-state index in [1.54, 1.807) is 5.01 Å². The van der Waals surface area contributed by atoms with Gasteiger partial charge in [0.1, 0.15) is 0 Å². The van der Waals surface area contributed by atoms with Gasteiger partial charge in [-0.1, -0.05) is 13.3 Å². The van der Waals surface area contributed by atoms with Crippen LogP contribution in [0.15, 0.2) is 0 Å². The summed E-state index contributed by atoms with van der Waals surface area (Å²) in [6.45, 7) is 4.06. The quantitative estimate of drug-likeness (QED) is 0.677. The van der Waals surface area contributed by atoms with Crippen LogP contribution >= 0.6 is 0 Å². The Morgan fingerprint density at radius 3 is 2.47 bits per heavy atom. The molecule has 0 atom stereocenters. The van der Waals surface area contributed by atoms with Crippen molar-refractivity contribution in [3.8, 4) is 0 Å². The minimum absolute atomic E-state index is 0.135. The Labute approximate surface area is 92.4 Å². The highest BCUT2D eigenvalue weighted by atomic mass is 16.2. The number of rotatable bonds is 4. The zero-order valence-corrected chi connectivity index (χ0v) is 10.1. The minimum atomic E-state index is -0.135. The molecule has 1 aliphatic heterocycles. The van der Waals surface area contributed by atoms with Crippen LogP contribution in [0.4, 0.5) is 0 Å². The van der Waals surface area contributed by atoms with Crippen LogP contribution in [0.5, 0.6) is 0 Å². The summed E-state index contributed by atoms with van der Waals surface area (Å²) in [5, 5.41) is 5.05. The van der Waals surface area contributed by atoms with Crippen LogP contribution in [0.3, 0.4) is 0 Å². The molecule has 1 aliphatic rings. The highest BCUT2D eigenvalue weighted by molar-refractivity contribution is 5.82. The van der Waals surface area contributed by atoms with Crippen LogP contribution in [0.1, 0.15) is 32.6 Å². The van der Waals surface area contributed by atoms with Gasteiger partial charge in [0.2, 0.25) is 5.91 Å². The van der Waals surface area contributed by atoms with Crippen molar-refractivity contribution in [2.45, 2.75) is 32.6 Å². The number of hydrogen-bond acceptors (Lipinski definition) is 3. The highest BCUT2D eigenvalue weighted by Crippen LogP contribution is 2.34. The maximum Gasteiger partial charge on any atom is 0.240 e. The van der Waals surface area contributed by atoms with Crippen LogP contribution in [0, 0.1) is 5.41 Å². The van der Waals surface area contributed by atoms with Gasteiger partial charge in [-0.25, -0.2) is 5.01 Å². The number of carbonyl (C=O) groups is 1. The van der Waals surface area contributed by atoms with Gasteiger partial charge in [-0.3, -0.25) is 10.2 Å². The van der Waals surface area contributed by atoms with Gasteiger partial charge in [0, 0.05) is 14.1 Å². The third-order valence-electron chi connectivity index (χ3n) is 3.10. The molecule has 4 nitrogen and oxygen atoms in total. The lowest BCUT2D eigenvalue weighted by Crippen LogP contribution is -2.51. The molecule has 0 radical (unpaired) electrons. The zero-order valence-electron chi connectivity index (χ0n) is 10.1. The van der Waals surface area contributed by atoms with Crippen molar-refractivity contribution >= 4 is 5.91 Å². The monoisotopic (exact) mass is 213 g/mol. The number of carbonyl (C=O) groups excluding carboxylic acids is 1. The predicted octanol–water partition coefficient (Wildman–Crippen LogP) is 0.749. The molecule has 0 saturated carbocycles. The van der Waals surface area contributed by atoms with Crippen LogP contribution in [-0.2, 0) is 4.79 Å². The first-order chi connectivity index (χ1) is 7.10. The summed E-state index contributed by atoms with van der Waals surface area (Å²) in [7, 11) is 3.72. The number of hydrogen-bond donors (Lipinski definition) is 2. The number of nitrogens with zero attached hydrogens (tertiary/aromatic N) is 1. The maximum absolute atomic E-state index is 12.1. The van der Waals surface area contributed by atoms with E-state index < -0.39 is 0 Å². The third-order valence-corrected chi connectivity index (χ3v) is 3.10. The van der Waals surface area contributed by atoms with E-state index in [-0.39, 0.29) is 11.3 Å². The summed E-state index contributed by atoms with van der Waals surface area (Å²) < 4.78 is 0. The van der Waals surface area contributed by atoms with Crippen LogP contribution in [0.2, 0.25) is 0 Å². The lowest BCUT2D eigenvalue weighted by molar-refractivity contribution is -0.137. The molecule has 88 valence electrons. The van der Waals surface area contributed by atoms with Crippen LogP contribution in [0.25, 0.3) is 0 Å². The molecule has 0 aromatic carbocycles. The smallest absolute Gasteiger partial charge is 0.240 e. The van der Waals surface area contributed by atoms with Gasteiger partial charge in [0.15, 0.2) is 0 Å². The maximum atomic E-state index is 12.1. The van der Waals surface area contributed by atoms with Gasteiger partial charge in [0.05, 0.1) is 5.41 Å². The SMILES string of the molecule is CCCC1(C(=O)NN(C)C)CCNCC1. The lowest BCUT2D eigenvalue weighted by atomic mass is 9.75. The van der Waals surface area contributed by atoms with Crippen molar-refractivity contribution in [2.24, 2.45) is 5.41 Å². The number of nitrogens with one attached hydrogen (secondary N) is 2.